The van der Waals surface area contributed by atoms with Gasteiger partial charge in [-0.3, -0.25) is 5.84 Å². The fourth-order valence-electron chi connectivity index (χ4n) is 1.61. The third-order valence-electron chi connectivity index (χ3n) is 3.03. The van der Waals surface area contributed by atoms with Gasteiger partial charge in [-0.2, -0.15) is 0 Å². The van der Waals surface area contributed by atoms with Crippen LogP contribution in [0.5, 0.6) is 0 Å². The van der Waals surface area contributed by atoms with Crippen LogP contribution in [0.2, 0.25) is 0 Å². The lowest BCUT2D eigenvalue weighted by atomic mass is 9.75. The first-order chi connectivity index (χ1) is 6.53. The summed E-state index contributed by atoms with van der Waals surface area (Å²) in [5.74, 6) is 5.78. The maximum atomic E-state index is 5.37. The maximum absolute atomic E-state index is 5.37. The van der Waals surface area contributed by atoms with Gasteiger partial charge in [0.05, 0.1) is 0 Å². The van der Waals surface area contributed by atoms with Gasteiger partial charge < -0.3 is 5.43 Å². The van der Waals surface area contributed by atoms with Crippen molar-refractivity contribution in [3.05, 3.63) is 24.4 Å². The summed E-state index contributed by atoms with van der Waals surface area (Å²) < 4.78 is 0. The zero-order valence-electron chi connectivity index (χ0n) is 9.93. The molecule has 0 aromatic heterocycles. The summed E-state index contributed by atoms with van der Waals surface area (Å²) in [6.07, 6.45) is 6.09. The van der Waals surface area contributed by atoms with Crippen LogP contribution in [-0.4, -0.2) is 0 Å². The van der Waals surface area contributed by atoms with Gasteiger partial charge in [0.15, 0.2) is 0 Å². The highest BCUT2D eigenvalue weighted by molar-refractivity contribution is 5.18. The second kappa shape index (κ2) is 5.86. The van der Waals surface area contributed by atoms with E-state index in [1.165, 1.54) is 5.57 Å². The smallest absolute Gasteiger partial charge is 0.0126 e. The molecule has 0 aromatic carbocycles. The molecule has 2 heteroatoms. The molecule has 0 aromatic rings. The molecule has 82 valence electrons. The minimum atomic E-state index is 0.182. The van der Waals surface area contributed by atoms with E-state index in [2.05, 4.69) is 39.7 Å². The first kappa shape index (κ1) is 13.2. The summed E-state index contributed by atoms with van der Waals surface area (Å²) in [4.78, 5) is 0. The fraction of sp³-hybridized carbons (Fsp3) is 0.667. The normalized spacial score (nSPS) is 15.1. The summed E-state index contributed by atoms with van der Waals surface area (Å²) in [6, 6.07) is 0. The number of nitrogens with one attached hydrogen (secondary N) is 1. The highest BCUT2D eigenvalue weighted by atomic mass is 15.2. The molecule has 0 radical (unpaired) electrons. The van der Waals surface area contributed by atoms with E-state index in [1.54, 1.807) is 0 Å². The Hall–Kier alpha value is -0.760. The molecule has 3 N–H and O–H groups in total. The molecule has 0 spiro atoms. The summed E-state index contributed by atoms with van der Waals surface area (Å²) in [7, 11) is 0. The van der Waals surface area contributed by atoms with Crippen molar-refractivity contribution >= 4 is 0 Å². The first-order valence-corrected chi connectivity index (χ1v) is 5.32. The molecule has 0 aliphatic heterocycles. The number of hydrogen-bond acceptors (Lipinski definition) is 2. The van der Waals surface area contributed by atoms with Crippen LogP contribution >= 0.6 is 0 Å². The van der Waals surface area contributed by atoms with Crippen molar-refractivity contribution in [1.29, 1.82) is 0 Å². The van der Waals surface area contributed by atoms with E-state index < -0.39 is 0 Å². The lowest BCUT2D eigenvalue weighted by Crippen LogP contribution is -2.24. The van der Waals surface area contributed by atoms with E-state index in [9.17, 15) is 0 Å². The van der Waals surface area contributed by atoms with Crippen molar-refractivity contribution in [2.75, 3.05) is 0 Å². The Bertz CT molecular complexity index is 204. The number of hydrogen-bond donors (Lipinski definition) is 2. The van der Waals surface area contributed by atoms with Crippen molar-refractivity contribution in [1.82, 2.24) is 5.43 Å². The molecule has 0 rings (SSSR count). The molecule has 0 amide bonds. The van der Waals surface area contributed by atoms with Crippen molar-refractivity contribution in [3.63, 3.8) is 0 Å². The minimum absolute atomic E-state index is 0.182. The molecular weight excluding hydrogens is 172 g/mol. The lowest BCUT2D eigenvalue weighted by molar-refractivity contribution is 0.385. The molecule has 0 heterocycles. The number of hydrazine groups is 1. The van der Waals surface area contributed by atoms with Crippen LogP contribution in [0.1, 0.15) is 40.5 Å². The molecule has 0 aliphatic rings. The Morgan fingerprint density at radius 1 is 1.50 bits per heavy atom. The van der Waals surface area contributed by atoms with Gasteiger partial charge in [0.2, 0.25) is 0 Å². The SMILES string of the molecule is C=CC(CC)/C(=C\NN)C(C)(C)CC. The van der Waals surface area contributed by atoms with Crippen molar-refractivity contribution in [2.45, 2.75) is 40.5 Å². The predicted octanol–water partition coefficient (Wildman–Crippen LogP) is 2.98. The van der Waals surface area contributed by atoms with Crippen LogP contribution in [0.25, 0.3) is 0 Å². The van der Waals surface area contributed by atoms with Gasteiger partial charge in [-0.05, 0) is 29.7 Å². The molecule has 1 unspecified atom stereocenters. The highest BCUT2D eigenvalue weighted by Gasteiger charge is 2.25. The monoisotopic (exact) mass is 196 g/mol. The van der Waals surface area contributed by atoms with Gasteiger partial charge in [-0.15, -0.1) is 6.58 Å². The molecule has 14 heavy (non-hydrogen) atoms. The van der Waals surface area contributed by atoms with Gasteiger partial charge in [-0.25, -0.2) is 0 Å². The van der Waals surface area contributed by atoms with Gasteiger partial charge >= 0.3 is 0 Å². The Morgan fingerprint density at radius 2 is 2.07 bits per heavy atom. The average molecular weight is 196 g/mol. The van der Waals surface area contributed by atoms with E-state index in [4.69, 9.17) is 5.84 Å². The van der Waals surface area contributed by atoms with Gasteiger partial charge in [0.1, 0.15) is 0 Å². The van der Waals surface area contributed by atoms with Crippen LogP contribution in [-0.2, 0) is 0 Å². The van der Waals surface area contributed by atoms with Crippen molar-refractivity contribution in [2.24, 2.45) is 17.2 Å². The Labute approximate surface area is 88.2 Å². The Balaban J connectivity index is 4.93. The summed E-state index contributed by atoms with van der Waals surface area (Å²) >= 11 is 0. The van der Waals surface area contributed by atoms with Gasteiger partial charge in [0, 0.05) is 6.20 Å². The topological polar surface area (TPSA) is 38.0 Å². The van der Waals surface area contributed by atoms with Crippen LogP contribution in [0, 0.1) is 11.3 Å². The van der Waals surface area contributed by atoms with E-state index in [0.717, 1.165) is 12.8 Å². The quantitative estimate of drug-likeness (QED) is 0.389. The van der Waals surface area contributed by atoms with Crippen molar-refractivity contribution in [3.8, 4) is 0 Å². The first-order valence-electron chi connectivity index (χ1n) is 5.32. The van der Waals surface area contributed by atoms with Gasteiger partial charge in [-0.1, -0.05) is 33.8 Å². The van der Waals surface area contributed by atoms with Gasteiger partial charge in [0.25, 0.3) is 0 Å². The molecule has 0 fully saturated rings. The zero-order chi connectivity index (χ0) is 11.2. The predicted molar refractivity (Wildman–Crippen MR) is 63.5 cm³/mol. The standard InChI is InChI=1S/C12H24N2/c1-6-10(7-2)11(9-14-13)12(4,5)8-3/h6,9-10,14H,1,7-8,13H2,2-5H3/b11-9+. The lowest BCUT2D eigenvalue weighted by Gasteiger charge is -2.31. The highest BCUT2D eigenvalue weighted by Crippen LogP contribution is 2.36. The van der Waals surface area contributed by atoms with E-state index in [-0.39, 0.29) is 5.41 Å². The van der Waals surface area contributed by atoms with Crippen LogP contribution < -0.4 is 11.3 Å². The molecule has 0 aliphatic carbocycles. The molecule has 0 saturated heterocycles. The third-order valence-corrected chi connectivity index (χ3v) is 3.03. The number of nitrogens with two attached hydrogens (primary N) is 1. The Morgan fingerprint density at radius 3 is 2.36 bits per heavy atom. The fourth-order valence-corrected chi connectivity index (χ4v) is 1.61. The number of allylic oxidation sites excluding steroid dienone is 2. The van der Waals surface area contributed by atoms with Crippen LogP contribution in [0.3, 0.4) is 0 Å². The second-order valence-electron chi connectivity index (χ2n) is 4.25. The van der Waals surface area contributed by atoms with Crippen molar-refractivity contribution < 1.29 is 0 Å². The summed E-state index contributed by atoms with van der Waals surface area (Å²) in [5.41, 5.74) is 4.16. The Kier molecular flexibility index (Phi) is 5.55. The molecule has 0 bridgehead atoms. The largest absolute Gasteiger partial charge is 0.331 e. The summed E-state index contributed by atoms with van der Waals surface area (Å²) in [6.45, 7) is 12.7. The third kappa shape index (κ3) is 3.18. The van der Waals surface area contributed by atoms with Crippen LogP contribution in [0.4, 0.5) is 0 Å². The summed E-state index contributed by atoms with van der Waals surface area (Å²) in [5, 5.41) is 0. The molecule has 0 saturated carbocycles. The van der Waals surface area contributed by atoms with E-state index in [1.807, 2.05) is 12.3 Å². The van der Waals surface area contributed by atoms with E-state index >= 15 is 0 Å². The van der Waals surface area contributed by atoms with Crippen LogP contribution in [0.15, 0.2) is 24.4 Å². The molecular formula is C12H24N2. The molecule has 2 nitrogen and oxygen atoms in total. The minimum Gasteiger partial charge on any atom is -0.331 e. The average Bonchev–Trinajstić information content (AvgIpc) is 2.18. The maximum Gasteiger partial charge on any atom is 0.0126 e. The second-order valence-corrected chi connectivity index (χ2v) is 4.25. The molecule has 1 atom stereocenters. The van der Waals surface area contributed by atoms with E-state index in [0.29, 0.717) is 5.92 Å². The zero-order valence-corrected chi connectivity index (χ0v) is 9.93. The number of rotatable bonds is 6.